The van der Waals surface area contributed by atoms with E-state index in [2.05, 4.69) is 9.47 Å². The highest BCUT2D eigenvalue weighted by Gasteiger charge is 2.44. The number of para-hydroxylation sites is 1. The van der Waals surface area contributed by atoms with Gasteiger partial charge in [0.2, 0.25) is 0 Å². The normalized spacial score (nSPS) is 19.4. The van der Waals surface area contributed by atoms with Crippen LogP contribution in [0.1, 0.15) is 64.5 Å². The van der Waals surface area contributed by atoms with Crippen molar-refractivity contribution >= 4 is 22.8 Å². The summed E-state index contributed by atoms with van der Waals surface area (Å²) in [5, 5.41) is 9.60. The number of hydrogen-bond donors (Lipinski definition) is 1. The van der Waals surface area contributed by atoms with Gasteiger partial charge in [-0.1, -0.05) is 12.1 Å². The van der Waals surface area contributed by atoms with Gasteiger partial charge in [0.1, 0.15) is 24.0 Å². The number of imidazole rings is 1. The van der Waals surface area contributed by atoms with Crippen LogP contribution in [0.5, 0.6) is 5.75 Å². The smallest absolute Gasteiger partial charge is 0.335 e. The largest absolute Gasteiger partial charge is 0.488 e. The van der Waals surface area contributed by atoms with E-state index in [1.165, 1.54) is 6.08 Å². The van der Waals surface area contributed by atoms with Gasteiger partial charge in [0.15, 0.2) is 0 Å². The van der Waals surface area contributed by atoms with Crippen LogP contribution in [0, 0.1) is 12.3 Å². The molecular formula is C29H31F2N3O3. The first kappa shape index (κ1) is 24.1. The number of nitrogens with zero attached hydrogens (tertiary/aromatic N) is 3. The molecule has 6 rings (SSSR count). The molecule has 1 aromatic heterocycles. The minimum absolute atomic E-state index is 0.220. The molecule has 0 spiro atoms. The molecule has 0 bridgehead atoms. The Hall–Kier alpha value is -3.26. The Kier molecular flexibility index (Phi) is 6.02. The number of aromatic carboxylic acids is 1. The van der Waals surface area contributed by atoms with Gasteiger partial charge in [0.05, 0.1) is 35.4 Å². The lowest BCUT2D eigenvalue weighted by Gasteiger charge is -2.33. The van der Waals surface area contributed by atoms with Crippen LogP contribution in [0.15, 0.2) is 36.4 Å². The second-order valence-electron chi connectivity index (χ2n) is 10.9. The molecular weight excluding hydrogens is 476 g/mol. The molecule has 1 saturated carbocycles. The number of rotatable bonds is 7. The van der Waals surface area contributed by atoms with E-state index in [1.807, 2.05) is 19.1 Å². The first-order chi connectivity index (χ1) is 17.9. The van der Waals surface area contributed by atoms with Crippen LogP contribution >= 0.6 is 0 Å². The molecule has 0 atom stereocenters. The van der Waals surface area contributed by atoms with Crippen LogP contribution < -0.4 is 4.74 Å². The van der Waals surface area contributed by atoms with Crippen molar-refractivity contribution < 1.29 is 23.4 Å². The quantitative estimate of drug-likeness (QED) is 0.433. The summed E-state index contributed by atoms with van der Waals surface area (Å²) in [6.45, 7) is 4.59. The zero-order valence-electron chi connectivity index (χ0n) is 21.0. The molecule has 2 aromatic carbocycles. The molecule has 37 heavy (non-hydrogen) atoms. The minimum Gasteiger partial charge on any atom is -0.488 e. The fraction of sp³-hybridized carbons (Fsp3) is 0.448. The van der Waals surface area contributed by atoms with Crippen LogP contribution in [-0.4, -0.2) is 51.9 Å². The molecule has 0 amide bonds. The van der Waals surface area contributed by atoms with E-state index in [-0.39, 0.29) is 36.0 Å². The first-order valence-corrected chi connectivity index (χ1v) is 13.0. The number of halogens is 2. The predicted molar refractivity (Wildman–Crippen MR) is 137 cm³/mol. The second-order valence-corrected chi connectivity index (χ2v) is 10.9. The highest BCUT2D eigenvalue weighted by atomic mass is 19.1. The van der Waals surface area contributed by atoms with E-state index in [0.29, 0.717) is 24.4 Å². The van der Waals surface area contributed by atoms with Crippen molar-refractivity contribution in [3.63, 3.8) is 0 Å². The van der Waals surface area contributed by atoms with Gasteiger partial charge in [-0.15, -0.1) is 0 Å². The van der Waals surface area contributed by atoms with E-state index in [1.54, 1.807) is 18.2 Å². The van der Waals surface area contributed by atoms with Gasteiger partial charge in [0, 0.05) is 12.0 Å². The van der Waals surface area contributed by atoms with Crippen LogP contribution in [-0.2, 0) is 13.1 Å². The SMILES string of the molecule is Cc1cc(C(=O)O)cc2c1nc(CN1CCC(c3cccc4c3OCC=C4F)CC1)n2CC1(CF)CC1. The number of fused-ring (bicyclic) bond motifs is 2. The lowest BCUT2D eigenvalue weighted by Crippen LogP contribution is -2.34. The maximum Gasteiger partial charge on any atom is 0.335 e. The molecule has 0 unspecified atom stereocenters. The Bertz CT molecular complexity index is 1400. The molecule has 1 saturated heterocycles. The maximum atomic E-state index is 14.3. The van der Waals surface area contributed by atoms with E-state index >= 15 is 0 Å². The number of carbonyl (C=O) groups is 1. The molecule has 194 valence electrons. The van der Waals surface area contributed by atoms with Crippen molar-refractivity contribution in [2.24, 2.45) is 5.41 Å². The van der Waals surface area contributed by atoms with Crippen LogP contribution in [0.25, 0.3) is 16.9 Å². The molecule has 3 aliphatic rings. The summed E-state index contributed by atoms with van der Waals surface area (Å²) in [6, 6.07) is 9.04. The Morgan fingerprint density at radius 3 is 2.73 bits per heavy atom. The second kappa shape index (κ2) is 9.24. The van der Waals surface area contributed by atoms with Gasteiger partial charge in [-0.05, 0) is 87.0 Å². The third-order valence-corrected chi connectivity index (χ3v) is 8.29. The molecule has 6 nitrogen and oxygen atoms in total. The van der Waals surface area contributed by atoms with Crippen molar-refractivity contribution in [1.82, 2.24) is 14.5 Å². The number of hydrogen-bond acceptors (Lipinski definition) is 4. The Labute approximate surface area is 214 Å². The molecule has 2 fully saturated rings. The predicted octanol–water partition coefficient (Wildman–Crippen LogP) is 5.88. The van der Waals surface area contributed by atoms with Gasteiger partial charge in [-0.3, -0.25) is 9.29 Å². The molecule has 3 aromatic rings. The number of aromatic nitrogens is 2. The summed E-state index contributed by atoms with van der Waals surface area (Å²) in [4.78, 5) is 19.0. The van der Waals surface area contributed by atoms with Gasteiger partial charge in [-0.2, -0.15) is 0 Å². The molecule has 1 N–H and O–H groups in total. The first-order valence-electron chi connectivity index (χ1n) is 13.0. The molecule has 0 radical (unpaired) electrons. The van der Waals surface area contributed by atoms with Crippen molar-refractivity contribution in [3.05, 3.63) is 64.5 Å². The Balaban J connectivity index is 1.25. The van der Waals surface area contributed by atoms with Crippen LogP contribution in [0.3, 0.4) is 0 Å². The highest BCUT2D eigenvalue weighted by molar-refractivity contribution is 5.94. The number of likely N-dealkylation sites (tertiary alicyclic amines) is 1. The number of carboxylic acids is 1. The van der Waals surface area contributed by atoms with Crippen molar-refractivity contribution in [2.75, 3.05) is 26.4 Å². The Morgan fingerprint density at radius 2 is 2.03 bits per heavy atom. The molecule has 8 heteroatoms. The van der Waals surface area contributed by atoms with Gasteiger partial charge < -0.3 is 14.4 Å². The lowest BCUT2D eigenvalue weighted by molar-refractivity contribution is 0.0697. The van der Waals surface area contributed by atoms with E-state index < -0.39 is 5.97 Å². The monoisotopic (exact) mass is 507 g/mol. The number of aryl methyl sites for hydroxylation is 1. The van der Waals surface area contributed by atoms with Crippen LogP contribution in [0.2, 0.25) is 0 Å². The van der Waals surface area contributed by atoms with Crippen molar-refractivity contribution in [3.8, 4) is 5.75 Å². The Morgan fingerprint density at radius 1 is 1.24 bits per heavy atom. The average molecular weight is 508 g/mol. The van der Waals surface area contributed by atoms with E-state index in [9.17, 15) is 18.7 Å². The number of carboxylic acid groups (broad SMARTS) is 1. The van der Waals surface area contributed by atoms with Crippen LogP contribution in [0.4, 0.5) is 8.78 Å². The van der Waals surface area contributed by atoms with Crippen molar-refractivity contribution in [2.45, 2.75) is 51.6 Å². The van der Waals surface area contributed by atoms with Gasteiger partial charge >= 0.3 is 5.97 Å². The molecule has 1 aliphatic carbocycles. The molecule has 2 aliphatic heterocycles. The summed E-state index contributed by atoms with van der Waals surface area (Å²) >= 11 is 0. The van der Waals surface area contributed by atoms with Gasteiger partial charge in [-0.25, -0.2) is 14.2 Å². The fourth-order valence-corrected chi connectivity index (χ4v) is 5.84. The maximum absolute atomic E-state index is 14.3. The third-order valence-electron chi connectivity index (χ3n) is 8.29. The topological polar surface area (TPSA) is 67.6 Å². The zero-order valence-corrected chi connectivity index (χ0v) is 21.0. The van der Waals surface area contributed by atoms with E-state index in [0.717, 1.165) is 66.8 Å². The van der Waals surface area contributed by atoms with Gasteiger partial charge in [0.25, 0.3) is 0 Å². The standard InChI is InChI=1S/C29H31F2N3O3/c1-18-13-20(28(35)36)14-24-26(18)32-25(34(24)17-29(16-30)8-9-29)15-33-10-5-19(6-11-33)21-3-2-4-22-23(31)7-12-37-27(21)22/h2-4,7,13-14,19H,5-6,8-12,15-17H2,1H3,(H,35,36). The number of ether oxygens (including phenoxy) is 1. The zero-order chi connectivity index (χ0) is 25.7. The summed E-state index contributed by atoms with van der Waals surface area (Å²) in [5.41, 5.74) is 3.84. The summed E-state index contributed by atoms with van der Waals surface area (Å²) in [7, 11) is 0. The number of alkyl halides is 1. The number of piperidine rings is 1. The molecule has 3 heterocycles. The fourth-order valence-electron chi connectivity index (χ4n) is 5.84. The summed E-state index contributed by atoms with van der Waals surface area (Å²) in [6.07, 6.45) is 4.98. The average Bonchev–Trinajstić information content (AvgIpc) is 3.60. The number of benzene rings is 2. The summed E-state index contributed by atoms with van der Waals surface area (Å²) in [5.74, 6) is 0.621. The highest BCUT2D eigenvalue weighted by Crippen LogP contribution is 2.48. The minimum atomic E-state index is -0.976. The summed E-state index contributed by atoms with van der Waals surface area (Å²) < 4.78 is 36.1. The third kappa shape index (κ3) is 4.41. The van der Waals surface area contributed by atoms with E-state index in [4.69, 9.17) is 9.72 Å². The lowest BCUT2D eigenvalue weighted by atomic mass is 9.87. The van der Waals surface area contributed by atoms with Crippen molar-refractivity contribution in [1.29, 1.82) is 0 Å².